The Kier molecular flexibility index (Phi) is 4.25. The van der Waals surface area contributed by atoms with Crippen LogP contribution in [-0.2, 0) is 17.8 Å². The molecule has 3 unspecified atom stereocenters. The van der Waals surface area contributed by atoms with Crippen LogP contribution in [-0.4, -0.2) is 31.5 Å². The van der Waals surface area contributed by atoms with Crippen molar-refractivity contribution < 1.29 is 4.74 Å². The average Bonchev–Trinajstić information content (AvgIpc) is 3.35. The highest BCUT2D eigenvalue weighted by atomic mass is 35.5. The average molecular weight is 385 g/mol. The lowest BCUT2D eigenvalue weighted by atomic mass is 10.0. The third-order valence-corrected chi connectivity index (χ3v) is 6.04. The van der Waals surface area contributed by atoms with Gasteiger partial charge < -0.3 is 4.74 Å². The van der Waals surface area contributed by atoms with Gasteiger partial charge in [-0.15, -0.1) is 0 Å². The van der Waals surface area contributed by atoms with Crippen LogP contribution in [0.1, 0.15) is 31.2 Å². The molecule has 140 valence electrons. The van der Waals surface area contributed by atoms with Gasteiger partial charge in [-0.05, 0) is 42.9 Å². The zero-order valence-corrected chi connectivity index (χ0v) is 15.7. The van der Waals surface area contributed by atoms with Crippen LogP contribution in [0.5, 0.6) is 0 Å². The quantitative estimate of drug-likeness (QED) is 0.692. The van der Waals surface area contributed by atoms with Gasteiger partial charge in [0.25, 0.3) is 5.56 Å². The summed E-state index contributed by atoms with van der Waals surface area (Å²) in [7, 11) is 0. The number of rotatable bonds is 4. The van der Waals surface area contributed by atoms with Crippen molar-refractivity contribution in [3.63, 3.8) is 0 Å². The van der Waals surface area contributed by atoms with Crippen molar-refractivity contribution in [2.75, 3.05) is 0 Å². The van der Waals surface area contributed by atoms with E-state index < -0.39 is 0 Å². The third kappa shape index (κ3) is 3.17. The number of fused-ring (bicyclic) bond motifs is 2. The van der Waals surface area contributed by atoms with Crippen LogP contribution in [0.3, 0.4) is 0 Å². The Morgan fingerprint density at radius 3 is 2.89 bits per heavy atom. The molecule has 2 aliphatic rings. The molecule has 7 heteroatoms. The summed E-state index contributed by atoms with van der Waals surface area (Å²) in [5.74, 6) is 0.671. The van der Waals surface area contributed by atoms with E-state index in [9.17, 15) is 4.79 Å². The first-order valence-corrected chi connectivity index (χ1v) is 9.86. The zero-order valence-electron chi connectivity index (χ0n) is 14.9. The van der Waals surface area contributed by atoms with Gasteiger partial charge in [0.15, 0.2) is 5.65 Å². The smallest absolute Gasteiger partial charge is 0.264 e. The largest absolute Gasteiger partial charge is 0.373 e. The normalized spacial score (nSPS) is 24.6. The lowest BCUT2D eigenvalue weighted by Gasteiger charge is -2.14. The summed E-state index contributed by atoms with van der Waals surface area (Å²) in [4.78, 5) is 17.4. The monoisotopic (exact) mass is 384 g/mol. The van der Waals surface area contributed by atoms with Crippen molar-refractivity contribution >= 4 is 22.6 Å². The first kappa shape index (κ1) is 17.0. The number of nitrogens with zero attached hydrogens (tertiary/aromatic N) is 4. The second kappa shape index (κ2) is 6.77. The maximum atomic E-state index is 12.9. The molecule has 0 amide bonds. The molecule has 2 aromatic heterocycles. The van der Waals surface area contributed by atoms with E-state index in [0.717, 1.165) is 18.4 Å². The summed E-state index contributed by atoms with van der Waals surface area (Å²) < 4.78 is 9.55. The SMILES string of the molecule is O=c1c2cnn(Cc3ccc(Cl)cc3)c2ncn1CC1CC2CCCC2O1. The molecule has 3 aromatic rings. The summed E-state index contributed by atoms with van der Waals surface area (Å²) >= 11 is 5.94. The molecule has 27 heavy (non-hydrogen) atoms. The van der Waals surface area contributed by atoms with Gasteiger partial charge >= 0.3 is 0 Å². The summed E-state index contributed by atoms with van der Waals surface area (Å²) in [5, 5.41) is 5.61. The van der Waals surface area contributed by atoms with E-state index in [0.29, 0.717) is 41.2 Å². The van der Waals surface area contributed by atoms with E-state index in [1.165, 1.54) is 12.8 Å². The van der Waals surface area contributed by atoms with E-state index in [-0.39, 0.29) is 11.7 Å². The standard InChI is InChI=1S/C20H21ClN4O2/c21-15-6-4-13(5-7-15)10-25-19-17(9-23-25)20(26)24(12-22-19)11-16-8-14-2-1-3-18(14)27-16/h4-7,9,12,14,16,18H,1-3,8,10-11H2. The minimum Gasteiger partial charge on any atom is -0.373 e. The minimum atomic E-state index is -0.0528. The molecule has 6 nitrogen and oxygen atoms in total. The van der Waals surface area contributed by atoms with Gasteiger partial charge in [-0.25, -0.2) is 9.67 Å². The lowest BCUT2D eigenvalue weighted by Crippen LogP contribution is -2.27. The first-order valence-electron chi connectivity index (χ1n) is 9.48. The maximum Gasteiger partial charge on any atom is 0.264 e. The molecule has 1 aromatic carbocycles. The highest BCUT2D eigenvalue weighted by molar-refractivity contribution is 6.30. The van der Waals surface area contributed by atoms with E-state index in [1.807, 2.05) is 24.3 Å². The van der Waals surface area contributed by atoms with Crippen LogP contribution in [0.4, 0.5) is 0 Å². The molecule has 1 aliphatic carbocycles. The maximum absolute atomic E-state index is 12.9. The Morgan fingerprint density at radius 2 is 2.07 bits per heavy atom. The molecule has 5 rings (SSSR count). The van der Waals surface area contributed by atoms with Crippen molar-refractivity contribution in [3.05, 3.63) is 57.7 Å². The number of hydrogen-bond acceptors (Lipinski definition) is 4. The van der Waals surface area contributed by atoms with E-state index in [1.54, 1.807) is 21.8 Å². The number of hydrogen-bond donors (Lipinski definition) is 0. The van der Waals surface area contributed by atoms with Crippen LogP contribution >= 0.6 is 11.6 Å². The molecular formula is C20H21ClN4O2. The first-order chi connectivity index (χ1) is 13.2. The third-order valence-electron chi connectivity index (χ3n) is 5.79. The van der Waals surface area contributed by atoms with Crippen molar-refractivity contribution in [3.8, 4) is 0 Å². The molecule has 3 heterocycles. The van der Waals surface area contributed by atoms with Crippen LogP contribution in [0, 0.1) is 5.92 Å². The fourth-order valence-electron chi connectivity index (χ4n) is 4.43. The van der Waals surface area contributed by atoms with Crippen molar-refractivity contribution in [1.29, 1.82) is 0 Å². The number of ether oxygens (including phenoxy) is 1. The fraction of sp³-hybridized carbons (Fsp3) is 0.450. The molecule has 1 saturated carbocycles. The van der Waals surface area contributed by atoms with Crippen LogP contribution in [0.25, 0.3) is 11.0 Å². The number of halogens is 1. The molecule has 0 bridgehead atoms. The van der Waals surface area contributed by atoms with Gasteiger partial charge in [0, 0.05) is 5.02 Å². The molecule has 2 fully saturated rings. The van der Waals surface area contributed by atoms with Crippen LogP contribution < -0.4 is 5.56 Å². The Labute approximate surface area is 161 Å². The highest BCUT2D eigenvalue weighted by Crippen LogP contribution is 2.39. The minimum absolute atomic E-state index is 0.0528. The van der Waals surface area contributed by atoms with Crippen molar-refractivity contribution in [2.24, 2.45) is 5.92 Å². The molecule has 3 atom stereocenters. The van der Waals surface area contributed by atoms with Crippen molar-refractivity contribution in [2.45, 2.75) is 51.0 Å². The predicted molar refractivity (Wildman–Crippen MR) is 103 cm³/mol. The Morgan fingerprint density at radius 1 is 1.22 bits per heavy atom. The highest BCUT2D eigenvalue weighted by Gasteiger charge is 2.38. The molecular weight excluding hydrogens is 364 g/mol. The van der Waals surface area contributed by atoms with Gasteiger partial charge in [0.1, 0.15) is 11.7 Å². The van der Waals surface area contributed by atoms with Gasteiger partial charge in [0.2, 0.25) is 0 Å². The second-order valence-electron chi connectivity index (χ2n) is 7.59. The predicted octanol–water partition coefficient (Wildman–Crippen LogP) is 3.25. The molecule has 0 N–H and O–H groups in total. The molecule has 1 saturated heterocycles. The van der Waals surface area contributed by atoms with E-state index in [4.69, 9.17) is 16.3 Å². The molecule has 0 spiro atoms. The Hall–Kier alpha value is -2.18. The summed E-state index contributed by atoms with van der Waals surface area (Å²) in [6.07, 6.45) is 8.47. The van der Waals surface area contributed by atoms with Gasteiger partial charge in [-0.3, -0.25) is 9.36 Å². The Bertz CT molecular complexity index is 1010. The van der Waals surface area contributed by atoms with E-state index >= 15 is 0 Å². The summed E-state index contributed by atoms with van der Waals surface area (Å²) in [6.45, 7) is 1.11. The summed E-state index contributed by atoms with van der Waals surface area (Å²) in [6, 6.07) is 7.59. The fourth-order valence-corrected chi connectivity index (χ4v) is 4.56. The van der Waals surface area contributed by atoms with Gasteiger partial charge in [-0.2, -0.15) is 5.10 Å². The zero-order chi connectivity index (χ0) is 18.4. The van der Waals surface area contributed by atoms with Gasteiger partial charge in [0.05, 0.1) is 31.5 Å². The molecule has 1 aliphatic heterocycles. The van der Waals surface area contributed by atoms with E-state index in [2.05, 4.69) is 10.1 Å². The van der Waals surface area contributed by atoms with Gasteiger partial charge in [-0.1, -0.05) is 30.2 Å². The van der Waals surface area contributed by atoms with Crippen molar-refractivity contribution in [1.82, 2.24) is 19.3 Å². The second-order valence-corrected chi connectivity index (χ2v) is 8.03. The lowest BCUT2D eigenvalue weighted by molar-refractivity contribution is 0.0315. The topological polar surface area (TPSA) is 61.9 Å². The molecule has 0 radical (unpaired) electrons. The van der Waals surface area contributed by atoms with Crippen LogP contribution in [0.2, 0.25) is 5.02 Å². The van der Waals surface area contributed by atoms with Crippen LogP contribution in [0.15, 0.2) is 41.6 Å². The summed E-state index contributed by atoms with van der Waals surface area (Å²) in [5.41, 5.74) is 1.61. The Balaban J connectivity index is 1.38. The number of aromatic nitrogens is 4. The number of benzene rings is 1.